The zero-order valence-electron chi connectivity index (χ0n) is 8.72. The smallest absolute Gasteiger partial charge is 0.151 e. The van der Waals surface area contributed by atoms with Crippen LogP contribution in [-0.2, 0) is 14.3 Å². The lowest BCUT2D eigenvalue weighted by molar-refractivity contribution is -0.151. The highest BCUT2D eigenvalue weighted by molar-refractivity contribution is 5.56. The highest BCUT2D eigenvalue weighted by Crippen LogP contribution is 2.21. The van der Waals surface area contributed by atoms with Gasteiger partial charge in [0.15, 0.2) is 6.29 Å². The largest absolute Gasteiger partial charge is 0.376 e. The fourth-order valence-electron chi connectivity index (χ4n) is 1.93. The molecule has 0 radical (unpaired) electrons. The first-order valence-electron chi connectivity index (χ1n) is 5.41. The predicted molar refractivity (Wildman–Crippen MR) is 56.6 cm³/mol. The summed E-state index contributed by atoms with van der Waals surface area (Å²) in [5.74, 6) is 0. The lowest BCUT2D eigenvalue weighted by Crippen LogP contribution is -2.37. The maximum Gasteiger partial charge on any atom is 0.151 e. The van der Waals surface area contributed by atoms with Crippen LogP contribution in [0.4, 0.5) is 0 Å². The van der Waals surface area contributed by atoms with Crippen molar-refractivity contribution >= 4 is 6.29 Å². The topological polar surface area (TPSA) is 35.5 Å². The van der Waals surface area contributed by atoms with Crippen LogP contribution in [0.1, 0.15) is 19.3 Å². The van der Waals surface area contributed by atoms with Crippen LogP contribution < -0.4 is 0 Å². The molecule has 1 aliphatic heterocycles. The van der Waals surface area contributed by atoms with Crippen LogP contribution in [0.3, 0.4) is 0 Å². The number of allylic oxidation sites excluding steroid dienone is 3. The molecule has 1 saturated heterocycles. The third kappa shape index (κ3) is 3.01. The summed E-state index contributed by atoms with van der Waals surface area (Å²) >= 11 is 0. The van der Waals surface area contributed by atoms with Gasteiger partial charge in [0.25, 0.3) is 0 Å². The van der Waals surface area contributed by atoms with Gasteiger partial charge in [-0.3, -0.25) is 0 Å². The minimum Gasteiger partial charge on any atom is -0.376 e. The SMILES string of the molecule is O=CC1COCC(CC2=CC=CCC2)O1. The van der Waals surface area contributed by atoms with E-state index in [4.69, 9.17) is 9.47 Å². The van der Waals surface area contributed by atoms with Crippen molar-refractivity contribution in [2.24, 2.45) is 0 Å². The van der Waals surface area contributed by atoms with E-state index in [9.17, 15) is 4.79 Å². The molecular weight excluding hydrogens is 192 g/mol. The summed E-state index contributed by atoms with van der Waals surface area (Å²) in [7, 11) is 0. The van der Waals surface area contributed by atoms with Crippen molar-refractivity contribution < 1.29 is 14.3 Å². The highest BCUT2D eigenvalue weighted by Gasteiger charge is 2.23. The minimum atomic E-state index is -0.372. The predicted octanol–water partition coefficient (Wildman–Crippen LogP) is 1.64. The lowest BCUT2D eigenvalue weighted by atomic mass is 9.99. The number of rotatable bonds is 3. The molecule has 1 fully saturated rings. The standard InChI is InChI=1S/C12H16O3/c13-7-12-9-14-8-11(15-12)6-10-4-2-1-3-5-10/h1-2,4,7,11-12H,3,5-6,8-9H2. The van der Waals surface area contributed by atoms with Gasteiger partial charge in [0, 0.05) is 0 Å². The molecule has 0 bridgehead atoms. The van der Waals surface area contributed by atoms with E-state index < -0.39 is 0 Å². The maximum absolute atomic E-state index is 10.6. The van der Waals surface area contributed by atoms with Crippen LogP contribution in [0.15, 0.2) is 23.8 Å². The van der Waals surface area contributed by atoms with Gasteiger partial charge in [-0.1, -0.05) is 23.8 Å². The lowest BCUT2D eigenvalue weighted by Gasteiger charge is -2.28. The molecule has 1 heterocycles. The van der Waals surface area contributed by atoms with Crippen molar-refractivity contribution in [3.63, 3.8) is 0 Å². The Hall–Kier alpha value is -0.930. The Morgan fingerprint density at radius 2 is 2.40 bits per heavy atom. The molecule has 2 atom stereocenters. The summed E-state index contributed by atoms with van der Waals surface area (Å²) in [6, 6.07) is 0. The number of carbonyl (C=O) groups excluding carboxylic acids is 1. The number of ether oxygens (including phenoxy) is 2. The summed E-state index contributed by atoms with van der Waals surface area (Å²) in [6.45, 7) is 1.00. The van der Waals surface area contributed by atoms with Gasteiger partial charge in [0.1, 0.15) is 6.10 Å². The van der Waals surface area contributed by atoms with E-state index in [0.717, 1.165) is 25.5 Å². The van der Waals surface area contributed by atoms with E-state index >= 15 is 0 Å². The third-order valence-corrected chi connectivity index (χ3v) is 2.69. The second-order valence-electron chi connectivity index (χ2n) is 3.97. The van der Waals surface area contributed by atoms with Crippen LogP contribution >= 0.6 is 0 Å². The average molecular weight is 208 g/mol. The van der Waals surface area contributed by atoms with Gasteiger partial charge in [-0.2, -0.15) is 0 Å². The number of carbonyl (C=O) groups is 1. The number of hydrogen-bond donors (Lipinski definition) is 0. The summed E-state index contributed by atoms with van der Waals surface area (Å²) in [5, 5.41) is 0. The molecule has 0 aromatic heterocycles. The normalized spacial score (nSPS) is 31.1. The first-order valence-corrected chi connectivity index (χ1v) is 5.41. The fraction of sp³-hybridized carbons (Fsp3) is 0.583. The zero-order chi connectivity index (χ0) is 10.5. The van der Waals surface area contributed by atoms with Crippen molar-refractivity contribution in [1.82, 2.24) is 0 Å². The van der Waals surface area contributed by atoms with Gasteiger partial charge in [0.05, 0.1) is 19.3 Å². The first kappa shape index (κ1) is 10.6. The quantitative estimate of drug-likeness (QED) is 0.661. The Balaban J connectivity index is 1.85. The Labute approximate surface area is 89.8 Å². The van der Waals surface area contributed by atoms with E-state index in [0.29, 0.717) is 13.2 Å². The van der Waals surface area contributed by atoms with Gasteiger partial charge in [-0.15, -0.1) is 0 Å². The van der Waals surface area contributed by atoms with Crippen molar-refractivity contribution in [2.45, 2.75) is 31.5 Å². The Bertz CT molecular complexity index is 281. The van der Waals surface area contributed by atoms with Crippen molar-refractivity contribution in [1.29, 1.82) is 0 Å². The average Bonchev–Trinajstić information content (AvgIpc) is 2.31. The van der Waals surface area contributed by atoms with Crippen LogP contribution in [0.5, 0.6) is 0 Å². The van der Waals surface area contributed by atoms with Crippen molar-refractivity contribution in [2.75, 3.05) is 13.2 Å². The summed E-state index contributed by atoms with van der Waals surface area (Å²) in [5.41, 5.74) is 1.39. The summed E-state index contributed by atoms with van der Waals surface area (Å²) in [6.07, 6.45) is 9.97. The summed E-state index contributed by atoms with van der Waals surface area (Å²) < 4.78 is 10.9. The summed E-state index contributed by atoms with van der Waals surface area (Å²) in [4.78, 5) is 10.6. The molecule has 2 rings (SSSR count). The van der Waals surface area contributed by atoms with Crippen LogP contribution in [0.2, 0.25) is 0 Å². The molecule has 2 unspecified atom stereocenters. The Morgan fingerprint density at radius 1 is 1.47 bits per heavy atom. The van der Waals surface area contributed by atoms with Crippen molar-refractivity contribution in [3.8, 4) is 0 Å². The van der Waals surface area contributed by atoms with Gasteiger partial charge in [-0.25, -0.2) is 0 Å². The van der Waals surface area contributed by atoms with Gasteiger partial charge >= 0.3 is 0 Å². The van der Waals surface area contributed by atoms with E-state index in [-0.39, 0.29) is 12.2 Å². The first-order chi connectivity index (χ1) is 7.38. The maximum atomic E-state index is 10.6. The zero-order valence-corrected chi connectivity index (χ0v) is 8.72. The van der Waals surface area contributed by atoms with Crippen LogP contribution in [0.25, 0.3) is 0 Å². The van der Waals surface area contributed by atoms with E-state index in [1.54, 1.807) is 0 Å². The highest BCUT2D eigenvalue weighted by atomic mass is 16.6. The van der Waals surface area contributed by atoms with Gasteiger partial charge in [-0.05, 0) is 19.3 Å². The molecule has 15 heavy (non-hydrogen) atoms. The molecule has 0 aromatic rings. The van der Waals surface area contributed by atoms with Crippen LogP contribution in [-0.4, -0.2) is 31.7 Å². The molecule has 3 heteroatoms. The fourth-order valence-corrected chi connectivity index (χ4v) is 1.93. The minimum absolute atomic E-state index is 0.0479. The molecule has 2 aliphatic rings. The van der Waals surface area contributed by atoms with Gasteiger partial charge in [0.2, 0.25) is 0 Å². The monoisotopic (exact) mass is 208 g/mol. The molecule has 0 saturated carbocycles. The Morgan fingerprint density at radius 3 is 3.13 bits per heavy atom. The second-order valence-corrected chi connectivity index (χ2v) is 3.97. The second kappa shape index (κ2) is 5.24. The van der Waals surface area contributed by atoms with E-state index in [1.165, 1.54) is 5.57 Å². The van der Waals surface area contributed by atoms with E-state index in [1.807, 2.05) is 0 Å². The van der Waals surface area contributed by atoms with Crippen LogP contribution in [0, 0.1) is 0 Å². The molecule has 82 valence electrons. The molecule has 0 aromatic carbocycles. The number of hydrogen-bond acceptors (Lipinski definition) is 3. The molecule has 3 nitrogen and oxygen atoms in total. The van der Waals surface area contributed by atoms with Gasteiger partial charge < -0.3 is 14.3 Å². The number of aldehydes is 1. The molecule has 1 aliphatic carbocycles. The van der Waals surface area contributed by atoms with E-state index in [2.05, 4.69) is 18.2 Å². The molecule has 0 amide bonds. The van der Waals surface area contributed by atoms with Crippen molar-refractivity contribution in [3.05, 3.63) is 23.8 Å². The molecule has 0 spiro atoms. The Kier molecular flexibility index (Phi) is 3.69. The third-order valence-electron chi connectivity index (χ3n) is 2.69. The molecule has 0 N–H and O–H groups in total. The molecular formula is C12H16O3.